The van der Waals surface area contributed by atoms with Crippen molar-refractivity contribution in [3.05, 3.63) is 29.0 Å². The van der Waals surface area contributed by atoms with Crippen LogP contribution in [0, 0.1) is 11.7 Å². The number of sulfonamides is 1. The fraction of sp³-hybridized carbons (Fsp3) is 0.571. The Morgan fingerprint density at radius 1 is 1.45 bits per heavy atom. The number of hydrogen-bond donors (Lipinski definition) is 2. The summed E-state index contributed by atoms with van der Waals surface area (Å²) in [7, 11) is -3.70. The van der Waals surface area contributed by atoms with Gasteiger partial charge in [-0.25, -0.2) is 17.5 Å². The molecule has 1 aliphatic heterocycles. The molecule has 0 bridgehead atoms. The van der Waals surface area contributed by atoms with Crippen molar-refractivity contribution in [2.75, 3.05) is 32.8 Å². The van der Waals surface area contributed by atoms with E-state index in [1.54, 1.807) is 0 Å². The topological polar surface area (TPSA) is 69.6 Å². The highest BCUT2D eigenvalue weighted by atomic mass is 35.5. The number of benzene rings is 1. The average molecular weight is 351 g/mol. The molecule has 1 saturated heterocycles. The number of nitrogens with one attached hydrogen (secondary N) is 1. The zero-order valence-electron chi connectivity index (χ0n) is 12.1. The summed E-state index contributed by atoms with van der Waals surface area (Å²) < 4.78 is 39.8. The molecule has 1 heterocycles. The van der Waals surface area contributed by atoms with Gasteiger partial charge in [0, 0.05) is 26.2 Å². The summed E-state index contributed by atoms with van der Waals surface area (Å²) in [6.07, 6.45) is 2.01. The second kappa shape index (κ2) is 7.70. The van der Waals surface area contributed by atoms with Crippen LogP contribution in [0.5, 0.6) is 0 Å². The van der Waals surface area contributed by atoms with E-state index in [0.29, 0.717) is 6.54 Å². The monoisotopic (exact) mass is 350 g/mol. The fourth-order valence-corrected chi connectivity index (χ4v) is 3.86. The van der Waals surface area contributed by atoms with E-state index in [2.05, 4.69) is 9.62 Å². The van der Waals surface area contributed by atoms with Crippen LogP contribution >= 0.6 is 11.6 Å². The summed E-state index contributed by atoms with van der Waals surface area (Å²) in [6.45, 7) is 2.68. The summed E-state index contributed by atoms with van der Waals surface area (Å²) in [5.74, 6) is -0.384. The molecule has 124 valence electrons. The van der Waals surface area contributed by atoms with E-state index in [1.807, 2.05) is 0 Å². The lowest BCUT2D eigenvalue weighted by Crippen LogP contribution is -2.41. The molecule has 2 rings (SSSR count). The molecule has 1 aliphatic rings. The van der Waals surface area contributed by atoms with Gasteiger partial charge in [-0.1, -0.05) is 11.6 Å². The van der Waals surface area contributed by atoms with Crippen molar-refractivity contribution in [3.63, 3.8) is 0 Å². The Morgan fingerprint density at radius 2 is 2.23 bits per heavy atom. The molecule has 0 saturated carbocycles. The van der Waals surface area contributed by atoms with Gasteiger partial charge in [0.1, 0.15) is 5.82 Å². The van der Waals surface area contributed by atoms with E-state index < -0.39 is 15.8 Å². The molecule has 8 heteroatoms. The second-order valence-electron chi connectivity index (χ2n) is 5.47. The third kappa shape index (κ3) is 4.63. The normalized spacial score (nSPS) is 20.2. The van der Waals surface area contributed by atoms with Crippen LogP contribution in [0.15, 0.2) is 23.1 Å². The first kappa shape index (κ1) is 17.6. The van der Waals surface area contributed by atoms with Crippen molar-refractivity contribution < 1.29 is 17.9 Å². The third-order valence-electron chi connectivity index (χ3n) is 3.78. The van der Waals surface area contributed by atoms with E-state index in [0.717, 1.165) is 38.1 Å². The number of nitrogens with zero attached hydrogens (tertiary/aromatic N) is 1. The Hall–Kier alpha value is -0.730. The Balaban J connectivity index is 1.88. The minimum atomic E-state index is -3.70. The van der Waals surface area contributed by atoms with E-state index in [-0.39, 0.29) is 29.0 Å². The van der Waals surface area contributed by atoms with Gasteiger partial charge in [-0.3, -0.25) is 0 Å². The molecular weight excluding hydrogens is 331 g/mol. The number of aliphatic hydroxyl groups excluding tert-OH is 1. The lowest BCUT2D eigenvalue weighted by molar-refractivity contribution is 0.122. The predicted molar refractivity (Wildman–Crippen MR) is 82.8 cm³/mol. The summed E-state index contributed by atoms with van der Waals surface area (Å²) in [5.41, 5.74) is 0. The minimum absolute atomic E-state index is 0.0502. The van der Waals surface area contributed by atoms with Crippen LogP contribution in [0.25, 0.3) is 0 Å². The van der Waals surface area contributed by atoms with Gasteiger partial charge in [0.25, 0.3) is 0 Å². The number of hydrogen-bond acceptors (Lipinski definition) is 4. The van der Waals surface area contributed by atoms with Crippen LogP contribution in [0.1, 0.15) is 12.8 Å². The molecule has 0 amide bonds. The smallest absolute Gasteiger partial charge is 0.240 e. The van der Waals surface area contributed by atoms with Gasteiger partial charge in [0.2, 0.25) is 10.0 Å². The molecule has 1 aromatic carbocycles. The molecule has 5 nitrogen and oxygen atoms in total. The van der Waals surface area contributed by atoms with Gasteiger partial charge in [-0.15, -0.1) is 0 Å². The predicted octanol–water partition coefficient (Wildman–Crippen LogP) is 1.46. The molecule has 0 aliphatic carbocycles. The van der Waals surface area contributed by atoms with Gasteiger partial charge in [0.05, 0.1) is 9.92 Å². The molecule has 2 N–H and O–H groups in total. The first-order valence-corrected chi connectivity index (χ1v) is 9.06. The number of piperidine rings is 1. The summed E-state index contributed by atoms with van der Waals surface area (Å²) in [6, 6.07) is 3.32. The number of rotatable bonds is 6. The molecule has 0 unspecified atom stereocenters. The molecule has 0 spiro atoms. The maximum Gasteiger partial charge on any atom is 0.240 e. The highest BCUT2D eigenvalue weighted by Gasteiger charge is 2.20. The maximum absolute atomic E-state index is 13.1. The van der Waals surface area contributed by atoms with Gasteiger partial charge < -0.3 is 10.0 Å². The van der Waals surface area contributed by atoms with Crippen molar-refractivity contribution in [2.45, 2.75) is 17.7 Å². The molecule has 0 radical (unpaired) electrons. The maximum atomic E-state index is 13.1. The zero-order chi connectivity index (χ0) is 16.2. The first-order chi connectivity index (χ1) is 10.4. The van der Waals surface area contributed by atoms with Crippen LogP contribution in [-0.4, -0.2) is 51.2 Å². The molecular formula is C14H20ClFN2O3S. The van der Waals surface area contributed by atoms with E-state index >= 15 is 0 Å². The van der Waals surface area contributed by atoms with Gasteiger partial charge >= 0.3 is 0 Å². The first-order valence-electron chi connectivity index (χ1n) is 7.20. The highest BCUT2D eigenvalue weighted by molar-refractivity contribution is 7.89. The Morgan fingerprint density at radius 3 is 2.91 bits per heavy atom. The zero-order valence-corrected chi connectivity index (χ0v) is 13.7. The lowest BCUT2D eigenvalue weighted by Gasteiger charge is -2.31. The summed E-state index contributed by atoms with van der Waals surface area (Å²) in [5, 5.41) is 8.96. The van der Waals surface area contributed by atoms with E-state index in [9.17, 15) is 17.9 Å². The molecule has 1 fully saturated rings. The number of likely N-dealkylation sites (tertiary alicyclic amines) is 1. The quantitative estimate of drug-likeness (QED) is 0.815. The van der Waals surface area contributed by atoms with Crippen molar-refractivity contribution in [1.29, 1.82) is 0 Å². The fourth-order valence-electron chi connectivity index (χ4n) is 2.57. The van der Waals surface area contributed by atoms with Crippen LogP contribution in [0.2, 0.25) is 5.02 Å². The number of halogens is 2. The van der Waals surface area contributed by atoms with Gasteiger partial charge in [-0.05, 0) is 43.5 Å². The Bertz CT molecular complexity index is 612. The SMILES string of the molecule is O=S(=O)(NCCN1CCC[C@@H](CO)C1)c1ccc(F)c(Cl)c1. The third-order valence-corrected chi connectivity index (χ3v) is 5.53. The average Bonchev–Trinajstić information content (AvgIpc) is 2.50. The van der Waals surface area contributed by atoms with E-state index in [4.69, 9.17) is 11.6 Å². The van der Waals surface area contributed by atoms with Crippen LogP contribution in [0.4, 0.5) is 4.39 Å². The standard InChI is InChI=1S/C14H20ClFN2O3S/c15-13-8-12(3-4-14(13)16)22(20,21)17-5-7-18-6-1-2-11(9-18)10-19/h3-4,8,11,17,19H,1-2,5-7,9-10H2/t11-/m1/s1. The number of aliphatic hydroxyl groups is 1. The largest absolute Gasteiger partial charge is 0.396 e. The van der Waals surface area contributed by atoms with Crippen molar-refractivity contribution in [2.24, 2.45) is 5.92 Å². The Labute approximate surface area is 135 Å². The molecule has 22 heavy (non-hydrogen) atoms. The van der Waals surface area contributed by atoms with Crippen molar-refractivity contribution in [1.82, 2.24) is 9.62 Å². The van der Waals surface area contributed by atoms with Crippen molar-refractivity contribution in [3.8, 4) is 0 Å². The molecule has 1 atom stereocenters. The van der Waals surface area contributed by atoms with Crippen LogP contribution < -0.4 is 4.72 Å². The van der Waals surface area contributed by atoms with Crippen LogP contribution in [-0.2, 0) is 10.0 Å². The molecule has 0 aromatic heterocycles. The van der Waals surface area contributed by atoms with Crippen molar-refractivity contribution >= 4 is 21.6 Å². The van der Waals surface area contributed by atoms with Gasteiger partial charge in [0.15, 0.2) is 0 Å². The minimum Gasteiger partial charge on any atom is -0.396 e. The Kier molecular flexibility index (Phi) is 6.17. The molecule has 1 aromatic rings. The second-order valence-corrected chi connectivity index (χ2v) is 7.64. The highest BCUT2D eigenvalue weighted by Crippen LogP contribution is 2.19. The van der Waals surface area contributed by atoms with Crippen LogP contribution in [0.3, 0.4) is 0 Å². The van der Waals surface area contributed by atoms with E-state index in [1.165, 1.54) is 6.07 Å². The lowest BCUT2D eigenvalue weighted by atomic mass is 9.99. The summed E-state index contributed by atoms with van der Waals surface area (Å²) >= 11 is 5.61. The summed E-state index contributed by atoms with van der Waals surface area (Å²) in [4.78, 5) is 2.08. The van der Waals surface area contributed by atoms with Gasteiger partial charge in [-0.2, -0.15) is 0 Å².